The molecule has 0 bridgehead atoms. The Morgan fingerprint density at radius 2 is 1.74 bits per heavy atom. The van der Waals surface area contributed by atoms with Crippen molar-refractivity contribution in [2.24, 2.45) is 11.8 Å². The number of aliphatic hydroxyl groups is 1. The van der Waals surface area contributed by atoms with E-state index in [-0.39, 0.29) is 12.5 Å². The Balaban J connectivity index is 2.71. The van der Waals surface area contributed by atoms with Crippen molar-refractivity contribution in [2.45, 2.75) is 19.9 Å². The summed E-state index contributed by atoms with van der Waals surface area (Å²) in [4.78, 5) is 22.8. The lowest BCUT2D eigenvalue weighted by atomic mass is 9.94. The molecule has 0 spiro atoms. The van der Waals surface area contributed by atoms with Gasteiger partial charge in [-0.05, 0) is 5.56 Å². The van der Waals surface area contributed by atoms with E-state index in [1.54, 1.807) is 19.1 Å². The molecule has 3 N–H and O–H groups in total. The van der Waals surface area contributed by atoms with Gasteiger partial charge in [-0.15, -0.1) is 0 Å². The van der Waals surface area contributed by atoms with Gasteiger partial charge in [-0.3, -0.25) is 9.59 Å². The standard InChI is InChI=1S/C14H19NO4/c1-9(10(2)14(18)19)13(17)15-12(8-16)11-6-4-3-5-7-11/h3-7,9-10,12,16H,8H2,1-2H3,(H,15,17)(H,18,19)/t9?,10?,12-/m1/s1. The zero-order valence-corrected chi connectivity index (χ0v) is 11.0. The van der Waals surface area contributed by atoms with Crippen molar-refractivity contribution < 1.29 is 19.8 Å². The molecule has 0 saturated carbocycles. The van der Waals surface area contributed by atoms with Crippen LogP contribution in [0.25, 0.3) is 0 Å². The van der Waals surface area contributed by atoms with Crippen molar-refractivity contribution in [3.05, 3.63) is 35.9 Å². The molecule has 0 aliphatic rings. The number of carboxylic acids is 1. The van der Waals surface area contributed by atoms with E-state index >= 15 is 0 Å². The lowest BCUT2D eigenvalue weighted by molar-refractivity contribution is -0.146. The predicted octanol–water partition coefficient (Wildman–Crippen LogP) is 1.19. The maximum absolute atomic E-state index is 11.9. The first-order valence-electron chi connectivity index (χ1n) is 6.16. The predicted molar refractivity (Wildman–Crippen MR) is 70.4 cm³/mol. The van der Waals surface area contributed by atoms with E-state index < -0.39 is 23.8 Å². The summed E-state index contributed by atoms with van der Waals surface area (Å²) in [6.45, 7) is 2.82. The molecule has 0 saturated heterocycles. The smallest absolute Gasteiger partial charge is 0.307 e. The van der Waals surface area contributed by atoms with Gasteiger partial charge in [-0.1, -0.05) is 44.2 Å². The molecule has 3 atom stereocenters. The minimum absolute atomic E-state index is 0.232. The van der Waals surface area contributed by atoms with Crippen LogP contribution in [0.1, 0.15) is 25.5 Å². The quantitative estimate of drug-likeness (QED) is 0.721. The van der Waals surface area contributed by atoms with Gasteiger partial charge in [0, 0.05) is 5.92 Å². The molecular formula is C14H19NO4. The highest BCUT2D eigenvalue weighted by atomic mass is 16.4. The topological polar surface area (TPSA) is 86.6 Å². The first kappa shape index (κ1) is 15.2. The minimum Gasteiger partial charge on any atom is -0.481 e. The third kappa shape index (κ3) is 4.06. The Morgan fingerprint density at radius 1 is 1.16 bits per heavy atom. The number of carboxylic acid groups (broad SMARTS) is 1. The number of aliphatic carboxylic acids is 1. The van der Waals surface area contributed by atoms with E-state index in [1.807, 2.05) is 18.2 Å². The maximum Gasteiger partial charge on any atom is 0.307 e. The lowest BCUT2D eigenvalue weighted by Crippen LogP contribution is -2.38. The second-order valence-corrected chi connectivity index (χ2v) is 4.57. The second-order valence-electron chi connectivity index (χ2n) is 4.57. The summed E-state index contributed by atoms with van der Waals surface area (Å²) in [6, 6.07) is 8.55. The van der Waals surface area contributed by atoms with Gasteiger partial charge in [0.2, 0.25) is 5.91 Å². The van der Waals surface area contributed by atoms with E-state index in [0.29, 0.717) is 0 Å². The molecule has 0 aliphatic heterocycles. The zero-order valence-electron chi connectivity index (χ0n) is 11.0. The summed E-state index contributed by atoms with van der Waals surface area (Å²) in [5, 5.41) is 20.9. The van der Waals surface area contributed by atoms with Crippen molar-refractivity contribution in [3.8, 4) is 0 Å². The van der Waals surface area contributed by atoms with Crippen LogP contribution in [-0.2, 0) is 9.59 Å². The molecule has 0 heterocycles. The molecule has 1 rings (SSSR count). The fourth-order valence-electron chi connectivity index (χ4n) is 1.66. The van der Waals surface area contributed by atoms with Crippen molar-refractivity contribution in [2.75, 3.05) is 6.61 Å². The Kier molecular flexibility index (Phi) is 5.51. The second kappa shape index (κ2) is 6.89. The molecule has 1 aromatic carbocycles. The van der Waals surface area contributed by atoms with Gasteiger partial charge in [0.1, 0.15) is 0 Å². The number of rotatable bonds is 6. The number of benzene rings is 1. The highest BCUT2D eigenvalue weighted by molar-refractivity contribution is 5.84. The van der Waals surface area contributed by atoms with Gasteiger partial charge in [-0.2, -0.15) is 0 Å². The van der Waals surface area contributed by atoms with Crippen LogP contribution in [0.15, 0.2) is 30.3 Å². The number of nitrogens with one attached hydrogen (secondary N) is 1. The number of hydrogen-bond donors (Lipinski definition) is 3. The number of amides is 1. The molecule has 0 aromatic heterocycles. The Bertz CT molecular complexity index is 432. The monoisotopic (exact) mass is 265 g/mol. The van der Waals surface area contributed by atoms with E-state index in [0.717, 1.165) is 5.56 Å². The Labute approximate surface area is 112 Å². The fourth-order valence-corrected chi connectivity index (χ4v) is 1.66. The zero-order chi connectivity index (χ0) is 14.4. The van der Waals surface area contributed by atoms with E-state index in [2.05, 4.69) is 5.32 Å². The first-order chi connectivity index (χ1) is 8.97. The molecule has 0 radical (unpaired) electrons. The van der Waals surface area contributed by atoms with Crippen LogP contribution in [0.5, 0.6) is 0 Å². The molecule has 19 heavy (non-hydrogen) atoms. The lowest BCUT2D eigenvalue weighted by Gasteiger charge is -2.21. The van der Waals surface area contributed by atoms with Gasteiger partial charge >= 0.3 is 5.97 Å². The van der Waals surface area contributed by atoms with Crippen LogP contribution in [0.3, 0.4) is 0 Å². The van der Waals surface area contributed by atoms with Gasteiger partial charge in [0.05, 0.1) is 18.6 Å². The first-order valence-corrected chi connectivity index (χ1v) is 6.16. The molecule has 1 amide bonds. The normalized spacial score (nSPS) is 15.3. The molecular weight excluding hydrogens is 246 g/mol. The number of aliphatic hydroxyl groups excluding tert-OH is 1. The van der Waals surface area contributed by atoms with Gasteiger partial charge < -0.3 is 15.5 Å². The molecule has 5 nitrogen and oxygen atoms in total. The molecule has 1 aromatic rings. The van der Waals surface area contributed by atoms with Crippen LogP contribution >= 0.6 is 0 Å². The molecule has 5 heteroatoms. The average molecular weight is 265 g/mol. The Morgan fingerprint density at radius 3 is 2.21 bits per heavy atom. The fraction of sp³-hybridized carbons (Fsp3) is 0.429. The van der Waals surface area contributed by atoms with Crippen LogP contribution in [-0.4, -0.2) is 28.7 Å². The van der Waals surface area contributed by atoms with E-state index in [9.17, 15) is 14.7 Å². The summed E-state index contributed by atoms with van der Waals surface area (Å²) in [6.07, 6.45) is 0. The molecule has 104 valence electrons. The summed E-state index contributed by atoms with van der Waals surface area (Å²) in [7, 11) is 0. The SMILES string of the molecule is CC(C(=O)O)C(C)C(=O)N[C@H](CO)c1ccccc1. The van der Waals surface area contributed by atoms with Crippen molar-refractivity contribution >= 4 is 11.9 Å². The van der Waals surface area contributed by atoms with Crippen molar-refractivity contribution in [1.82, 2.24) is 5.32 Å². The van der Waals surface area contributed by atoms with Crippen LogP contribution in [0, 0.1) is 11.8 Å². The highest BCUT2D eigenvalue weighted by Crippen LogP contribution is 2.16. The van der Waals surface area contributed by atoms with Crippen molar-refractivity contribution in [3.63, 3.8) is 0 Å². The number of carbonyl (C=O) groups excluding carboxylic acids is 1. The molecule has 2 unspecified atom stereocenters. The third-order valence-electron chi connectivity index (χ3n) is 3.25. The number of hydrogen-bond acceptors (Lipinski definition) is 3. The van der Waals surface area contributed by atoms with Gasteiger partial charge in [-0.25, -0.2) is 0 Å². The van der Waals surface area contributed by atoms with Crippen LogP contribution in [0.4, 0.5) is 0 Å². The summed E-state index contributed by atoms with van der Waals surface area (Å²) in [5.74, 6) is -2.81. The van der Waals surface area contributed by atoms with E-state index in [1.165, 1.54) is 6.92 Å². The van der Waals surface area contributed by atoms with Gasteiger partial charge in [0.25, 0.3) is 0 Å². The Hall–Kier alpha value is -1.88. The maximum atomic E-state index is 11.9. The summed E-state index contributed by atoms with van der Waals surface area (Å²) >= 11 is 0. The highest BCUT2D eigenvalue weighted by Gasteiger charge is 2.27. The van der Waals surface area contributed by atoms with Crippen LogP contribution < -0.4 is 5.32 Å². The molecule has 0 aliphatic carbocycles. The summed E-state index contributed by atoms with van der Waals surface area (Å²) < 4.78 is 0. The van der Waals surface area contributed by atoms with Crippen LogP contribution in [0.2, 0.25) is 0 Å². The molecule has 0 fully saturated rings. The third-order valence-corrected chi connectivity index (χ3v) is 3.25. The average Bonchev–Trinajstić information content (AvgIpc) is 2.43. The minimum atomic E-state index is -1.01. The van der Waals surface area contributed by atoms with Gasteiger partial charge in [0.15, 0.2) is 0 Å². The number of carbonyl (C=O) groups is 2. The van der Waals surface area contributed by atoms with E-state index in [4.69, 9.17) is 5.11 Å². The van der Waals surface area contributed by atoms with Crippen molar-refractivity contribution in [1.29, 1.82) is 0 Å². The summed E-state index contributed by atoms with van der Waals surface area (Å²) in [5.41, 5.74) is 0.786. The largest absolute Gasteiger partial charge is 0.481 e.